The monoisotopic (exact) mass is 152 g/mol. The Bertz CT molecular complexity index is 259. The fourth-order valence-corrected chi connectivity index (χ4v) is 0.842. The predicted molar refractivity (Wildman–Crippen MR) is 43.0 cm³/mol. The molecule has 60 valence electrons. The maximum atomic E-state index is 4.59. The highest BCUT2D eigenvalue weighted by atomic mass is 16.6. The first-order chi connectivity index (χ1) is 5.24. The second-order valence-electron chi connectivity index (χ2n) is 2.67. The van der Waals surface area contributed by atoms with E-state index in [-0.39, 0.29) is 0 Å². The van der Waals surface area contributed by atoms with Crippen molar-refractivity contribution in [3.63, 3.8) is 0 Å². The molecule has 1 rings (SSSR count). The van der Waals surface area contributed by atoms with Crippen molar-refractivity contribution in [2.24, 2.45) is 0 Å². The maximum absolute atomic E-state index is 4.59. The largest absolute Gasteiger partial charge is 0.244 e. The normalized spacial score (nSPS) is 9.73. The summed E-state index contributed by atoms with van der Waals surface area (Å²) < 4.78 is 4.59. The van der Waals surface area contributed by atoms with Gasteiger partial charge in [0.15, 0.2) is 0 Å². The highest BCUT2D eigenvalue weighted by Gasteiger charge is 2.03. The number of hydrogen-bond donors (Lipinski definition) is 0. The lowest BCUT2D eigenvalue weighted by Gasteiger charge is -1.88. The van der Waals surface area contributed by atoms with E-state index >= 15 is 0 Å². The third-order valence-corrected chi connectivity index (χ3v) is 1.35. The van der Waals surface area contributed by atoms with Crippen LogP contribution >= 0.6 is 0 Å². The molecule has 0 aliphatic carbocycles. The van der Waals surface area contributed by atoms with Crippen molar-refractivity contribution < 1.29 is 4.63 Å². The van der Waals surface area contributed by atoms with Gasteiger partial charge < -0.3 is 0 Å². The summed E-state index contributed by atoms with van der Waals surface area (Å²) >= 11 is 0. The topological polar surface area (TPSA) is 38.9 Å². The molecule has 0 aliphatic heterocycles. The number of hydrogen-bond acceptors (Lipinski definition) is 3. The summed E-state index contributed by atoms with van der Waals surface area (Å²) in [5.74, 6) is 0. The van der Waals surface area contributed by atoms with Crippen LogP contribution in [-0.4, -0.2) is 10.3 Å². The van der Waals surface area contributed by atoms with Crippen molar-refractivity contribution >= 4 is 6.08 Å². The lowest BCUT2D eigenvalue weighted by molar-refractivity contribution is 0.303. The van der Waals surface area contributed by atoms with E-state index in [9.17, 15) is 0 Å². The van der Waals surface area contributed by atoms with Crippen molar-refractivity contribution in [3.05, 3.63) is 17.0 Å². The van der Waals surface area contributed by atoms with E-state index in [1.54, 1.807) is 0 Å². The van der Waals surface area contributed by atoms with Crippen molar-refractivity contribution in [2.45, 2.75) is 27.2 Å². The molecule has 1 aromatic rings. The zero-order valence-electron chi connectivity index (χ0n) is 7.09. The van der Waals surface area contributed by atoms with E-state index in [4.69, 9.17) is 0 Å². The van der Waals surface area contributed by atoms with E-state index in [2.05, 4.69) is 14.9 Å². The second-order valence-corrected chi connectivity index (χ2v) is 2.67. The Hall–Kier alpha value is -1.12. The Balaban J connectivity index is 2.93. The molecule has 0 fully saturated rings. The summed E-state index contributed by atoms with van der Waals surface area (Å²) in [6.45, 7) is 6.07. The molecular formula is C8H12N2O. The van der Waals surface area contributed by atoms with E-state index in [0.29, 0.717) is 0 Å². The molecule has 0 spiro atoms. The molecule has 0 aromatic carbocycles. The van der Waals surface area contributed by atoms with Gasteiger partial charge in [0.1, 0.15) is 11.4 Å². The molecule has 1 aromatic heterocycles. The number of nitrogens with zero attached hydrogens (tertiary/aromatic N) is 2. The Kier molecular flexibility index (Phi) is 2.41. The van der Waals surface area contributed by atoms with E-state index < -0.39 is 0 Å². The molecule has 0 N–H and O–H groups in total. The Morgan fingerprint density at radius 1 is 1.45 bits per heavy atom. The van der Waals surface area contributed by atoms with Crippen LogP contribution in [0.2, 0.25) is 0 Å². The molecular weight excluding hydrogens is 140 g/mol. The van der Waals surface area contributed by atoms with Crippen LogP contribution in [0.3, 0.4) is 0 Å². The van der Waals surface area contributed by atoms with Gasteiger partial charge in [0, 0.05) is 0 Å². The van der Waals surface area contributed by atoms with Crippen molar-refractivity contribution in [2.75, 3.05) is 0 Å². The Labute approximate surface area is 66.1 Å². The highest BCUT2D eigenvalue weighted by Crippen LogP contribution is 2.07. The summed E-state index contributed by atoms with van der Waals surface area (Å²) in [6, 6.07) is 0. The third-order valence-electron chi connectivity index (χ3n) is 1.35. The van der Waals surface area contributed by atoms with Crippen LogP contribution in [0.1, 0.15) is 32.2 Å². The Morgan fingerprint density at radius 3 is 2.73 bits per heavy atom. The predicted octanol–water partition coefficient (Wildman–Crippen LogP) is 2.06. The average Bonchev–Trinajstić information content (AvgIpc) is 2.34. The van der Waals surface area contributed by atoms with E-state index in [0.717, 1.165) is 17.8 Å². The molecule has 3 nitrogen and oxygen atoms in total. The fourth-order valence-electron chi connectivity index (χ4n) is 0.842. The molecule has 0 saturated carbocycles. The second kappa shape index (κ2) is 3.32. The van der Waals surface area contributed by atoms with Crippen LogP contribution in [0.5, 0.6) is 0 Å². The zero-order chi connectivity index (χ0) is 8.27. The van der Waals surface area contributed by atoms with E-state index in [1.807, 2.05) is 26.8 Å². The van der Waals surface area contributed by atoms with Gasteiger partial charge in [-0.05, 0) is 26.3 Å². The minimum atomic E-state index is 0.854. The highest BCUT2D eigenvalue weighted by molar-refractivity contribution is 5.48. The molecule has 11 heavy (non-hydrogen) atoms. The third kappa shape index (κ3) is 1.90. The van der Waals surface area contributed by atoms with Crippen molar-refractivity contribution in [1.29, 1.82) is 0 Å². The number of rotatable bonds is 2. The number of allylic oxidation sites excluding steroid dienone is 1. The molecule has 3 heteroatoms. The van der Waals surface area contributed by atoms with Gasteiger partial charge in [-0.25, -0.2) is 4.63 Å². The fraction of sp³-hybridized carbons (Fsp3) is 0.500. The molecule has 1 heterocycles. The smallest absolute Gasteiger partial charge is 0.130 e. The summed E-state index contributed by atoms with van der Waals surface area (Å²) in [5, 5.41) is 7.52. The Morgan fingerprint density at radius 2 is 2.18 bits per heavy atom. The summed E-state index contributed by atoms with van der Waals surface area (Å²) in [4.78, 5) is 0. The van der Waals surface area contributed by atoms with Gasteiger partial charge in [-0.15, -0.1) is 0 Å². The molecule has 0 saturated heterocycles. The van der Waals surface area contributed by atoms with Crippen LogP contribution < -0.4 is 0 Å². The van der Waals surface area contributed by atoms with Crippen LogP contribution in [0.25, 0.3) is 6.08 Å². The molecule has 0 unspecified atom stereocenters. The summed E-state index contributed by atoms with van der Waals surface area (Å²) in [7, 11) is 0. The lowest BCUT2D eigenvalue weighted by Crippen LogP contribution is -1.83. The van der Waals surface area contributed by atoms with Gasteiger partial charge in [0.05, 0.1) is 0 Å². The van der Waals surface area contributed by atoms with Crippen LogP contribution in [0.4, 0.5) is 0 Å². The molecule has 0 bridgehead atoms. The average molecular weight is 152 g/mol. The maximum Gasteiger partial charge on any atom is 0.130 e. The van der Waals surface area contributed by atoms with Gasteiger partial charge >= 0.3 is 0 Å². The van der Waals surface area contributed by atoms with Gasteiger partial charge in [-0.1, -0.05) is 22.8 Å². The van der Waals surface area contributed by atoms with E-state index in [1.165, 1.54) is 5.57 Å². The minimum absolute atomic E-state index is 0.854. The standard InChI is InChI=1S/C8H12N2O/c1-4-7-8(5-6(2)3)10-11-9-7/h5H,4H2,1-3H3. The van der Waals surface area contributed by atoms with Gasteiger partial charge in [0.25, 0.3) is 0 Å². The minimum Gasteiger partial charge on any atom is -0.244 e. The molecule has 0 aliphatic rings. The summed E-state index contributed by atoms with van der Waals surface area (Å²) in [5.41, 5.74) is 2.98. The molecule has 0 radical (unpaired) electrons. The van der Waals surface area contributed by atoms with Crippen LogP contribution in [-0.2, 0) is 6.42 Å². The molecule has 0 amide bonds. The summed E-state index contributed by atoms with van der Waals surface area (Å²) in [6.07, 6.45) is 2.83. The van der Waals surface area contributed by atoms with Crippen molar-refractivity contribution in [1.82, 2.24) is 10.3 Å². The van der Waals surface area contributed by atoms with Gasteiger partial charge in [0.2, 0.25) is 0 Å². The number of aromatic nitrogens is 2. The van der Waals surface area contributed by atoms with Crippen LogP contribution in [0, 0.1) is 0 Å². The first-order valence-corrected chi connectivity index (χ1v) is 3.70. The van der Waals surface area contributed by atoms with Gasteiger partial charge in [-0.3, -0.25) is 0 Å². The first-order valence-electron chi connectivity index (χ1n) is 3.70. The quantitative estimate of drug-likeness (QED) is 0.651. The number of aryl methyl sites for hydroxylation is 1. The zero-order valence-corrected chi connectivity index (χ0v) is 7.09. The van der Waals surface area contributed by atoms with Crippen LogP contribution in [0.15, 0.2) is 10.2 Å². The lowest BCUT2D eigenvalue weighted by atomic mass is 10.2. The van der Waals surface area contributed by atoms with Crippen molar-refractivity contribution in [3.8, 4) is 0 Å². The SMILES string of the molecule is CCc1nonc1C=C(C)C. The van der Waals surface area contributed by atoms with Gasteiger partial charge in [-0.2, -0.15) is 0 Å². The first kappa shape index (κ1) is 7.98. The molecule has 0 atom stereocenters.